The number of nitrogens with one attached hydrogen (secondary N) is 1. The highest BCUT2D eigenvalue weighted by molar-refractivity contribution is 5.75. The number of rotatable bonds is 3. The summed E-state index contributed by atoms with van der Waals surface area (Å²) >= 11 is 0. The van der Waals surface area contributed by atoms with Crippen LogP contribution in [0.25, 0.3) is 0 Å². The van der Waals surface area contributed by atoms with Gasteiger partial charge in [0, 0.05) is 0 Å². The molecule has 0 bridgehead atoms. The van der Waals surface area contributed by atoms with Crippen LogP contribution >= 0.6 is 0 Å². The smallest absolute Gasteiger partial charge is 0.208 e. The lowest BCUT2D eigenvalue weighted by molar-refractivity contribution is 0.736. The van der Waals surface area contributed by atoms with Gasteiger partial charge in [-0.1, -0.05) is 23.8 Å². The third kappa shape index (κ3) is 2.97. The van der Waals surface area contributed by atoms with E-state index >= 15 is 0 Å². The molecule has 1 aromatic rings. The minimum atomic E-state index is 0.0512. The summed E-state index contributed by atoms with van der Waals surface area (Å²) in [5.41, 5.74) is 16.9. The molecule has 1 aromatic carbocycles. The second-order valence-electron chi connectivity index (χ2n) is 3.30. The minimum Gasteiger partial charge on any atom is -0.369 e. The van der Waals surface area contributed by atoms with E-state index in [9.17, 15) is 0 Å². The zero-order valence-corrected chi connectivity index (χ0v) is 8.54. The van der Waals surface area contributed by atoms with E-state index in [1.807, 2.05) is 0 Å². The van der Waals surface area contributed by atoms with E-state index < -0.39 is 0 Å². The van der Waals surface area contributed by atoms with Crippen LogP contribution in [0.2, 0.25) is 0 Å². The zero-order chi connectivity index (χ0) is 10.6. The average molecular weight is 192 g/mol. The summed E-state index contributed by atoms with van der Waals surface area (Å²) in [6.45, 7) is 4.76. The van der Waals surface area contributed by atoms with Gasteiger partial charge in [0.1, 0.15) is 0 Å². The molecule has 0 amide bonds. The number of aryl methyl sites for hydroxylation is 2. The molecule has 14 heavy (non-hydrogen) atoms. The molecule has 4 nitrogen and oxygen atoms in total. The van der Waals surface area contributed by atoms with Crippen LogP contribution in [0, 0.1) is 13.8 Å². The van der Waals surface area contributed by atoms with Crippen LogP contribution in [0.1, 0.15) is 16.7 Å². The molecule has 4 heteroatoms. The second-order valence-corrected chi connectivity index (χ2v) is 3.30. The highest BCUT2D eigenvalue weighted by Gasteiger charge is 1.97. The Morgan fingerprint density at radius 1 is 1.36 bits per heavy atom. The largest absolute Gasteiger partial charge is 0.369 e. The Balaban J connectivity index is 2.67. The Labute approximate surface area is 84.0 Å². The lowest BCUT2D eigenvalue weighted by Crippen LogP contribution is -2.26. The van der Waals surface area contributed by atoms with Crippen molar-refractivity contribution in [1.82, 2.24) is 5.43 Å². The molecule has 0 aliphatic heterocycles. The first-order valence-corrected chi connectivity index (χ1v) is 4.47. The molecule has 1 rings (SSSR count). The summed E-state index contributed by atoms with van der Waals surface area (Å²) in [6.07, 6.45) is 0. The first-order chi connectivity index (χ1) is 6.59. The van der Waals surface area contributed by atoms with Gasteiger partial charge in [0.05, 0.1) is 6.54 Å². The van der Waals surface area contributed by atoms with Gasteiger partial charge in [0.25, 0.3) is 0 Å². The van der Waals surface area contributed by atoms with E-state index in [2.05, 4.69) is 42.6 Å². The van der Waals surface area contributed by atoms with Gasteiger partial charge < -0.3 is 16.9 Å². The van der Waals surface area contributed by atoms with Crippen LogP contribution in [0.4, 0.5) is 0 Å². The van der Waals surface area contributed by atoms with Crippen LogP contribution < -0.4 is 16.9 Å². The van der Waals surface area contributed by atoms with Crippen LogP contribution in [-0.4, -0.2) is 5.96 Å². The maximum atomic E-state index is 5.19. The highest BCUT2D eigenvalue weighted by Crippen LogP contribution is 2.09. The summed E-state index contributed by atoms with van der Waals surface area (Å²) in [6, 6.07) is 6.28. The number of nitrogens with two attached hydrogens (primary N) is 2. The second kappa shape index (κ2) is 4.50. The molecule has 0 fully saturated rings. The molecule has 0 radical (unpaired) electrons. The van der Waals surface area contributed by atoms with E-state index in [-0.39, 0.29) is 5.96 Å². The van der Waals surface area contributed by atoms with Crippen LogP contribution in [0.3, 0.4) is 0 Å². The quantitative estimate of drug-likeness (QED) is 0.372. The molecule has 0 unspecified atom stereocenters. The van der Waals surface area contributed by atoms with Crippen molar-refractivity contribution in [2.24, 2.45) is 16.6 Å². The fourth-order valence-electron chi connectivity index (χ4n) is 1.21. The Morgan fingerprint density at radius 2 is 2.07 bits per heavy atom. The van der Waals surface area contributed by atoms with Gasteiger partial charge in [-0.25, -0.2) is 0 Å². The zero-order valence-electron chi connectivity index (χ0n) is 8.54. The Hall–Kier alpha value is -1.71. The number of hydrogen-bond acceptors (Lipinski definition) is 2. The molecular formula is C10H16N4. The van der Waals surface area contributed by atoms with Crippen molar-refractivity contribution < 1.29 is 0 Å². The fourth-order valence-corrected chi connectivity index (χ4v) is 1.21. The van der Waals surface area contributed by atoms with E-state index in [1.165, 1.54) is 16.7 Å². The summed E-state index contributed by atoms with van der Waals surface area (Å²) in [5.74, 6) is 0.0512. The van der Waals surface area contributed by atoms with Crippen molar-refractivity contribution in [3.8, 4) is 0 Å². The van der Waals surface area contributed by atoms with Crippen molar-refractivity contribution in [1.29, 1.82) is 0 Å². The van der Waals surface area contributed by atoms with Crippen molar-refractivity contribution >= 4 is 5.96 Å². The fraction of sp³-hybridized carbons (Fsp3) is 0.300. The number of guanidine groups is 1. The van der Waals surface area contributed by atoms with E-state index in [0.29, 0.717) is 6.54 Å². The number of nitrogens with zero attached hydrogens (tertiary/aromatic N) is 1. The van der Waals surface area contributed by atoms with Crippen molar-refractivity contribution in [3.63, 3.8) is 0 Å². The maximum absolute atomic E-state index is 5.19. The summed E-state index contributed by atoms with van der Waals surface area (Å²) in [4.78, 5) is 0. The number of hydrazone groups is 1. The topological polar surface area (TPSA) is 76.4 Å². The SMILES string of the molecule is Cc1ccc(C)c(CNN=C(N)N)c1. The highest BCUT2D eigenvalue weighted by atomic mass is 15.3. The lowest BCUT2D eigenvalue weighted by atomic mass is 10.1. The molecule has 0 atom stereocenters. The van der Waals surface area contributed by atoms with Gasteiger partial charge in [-0.2, -0.15) is 0 Å². The third-order valence-corrected chi connectivity index (χ3v) is 1.98. The monoisotopic (exact) mass is 192 g/mol. The number of hydrogen-bond donors (Lipinski definition) is 3. The van der Waals surface area contributed by atoms with Crippen molar-refractivity contribution in [2.45, 2.75) is 20.4 Å². The molecular weight excluding hydrogens is 176 g/mol. The number of benzene rings is 1. The molecule has 0 aromatic heterocycles. The van der Waals surface area contributed by atoms with Gasteiger partial charge in [-0.3, -0.25) is 0 Å². The Morgan fingerprint density at radius 3 is 2.71 bits per heavy atom. The Kier molecular flexibility index (Phi) is 3.34. The predicted molar refractivity (Wildman–Crippen MR) is 58.6 cm³/mol. The van der Waals surface area contributed by atoms with Crippen LogP contribution in [0.15, 0.2) is 23.3 Å². The molecule has 0 aliphatic carbocycles. The predicted octanol–water partition coefficient (Wildman–Crippen LogP) is 0.581. The van der Waals surface area contributed by atoms with Crippen LogP contribution in [-0.2, 0) is 6.54 Å². The normalized spacial score (nSPS) is 9.57. The molecule has 0 heterocycles. The lowest BCUT2D eigenvalue weighted by Gasteiger charge is -2.06. The first kappa shape index (κ1) is 10.4. The summed E-state index contributed by atoms with van der Waals surface area (Å²) in [7, 11) is 0. The van der Waals surface area contributed by atoms with Crippen LogP contribution in [0.5, 0.6) is 0 Å². The van der Waals surface area contributed by atoms with E-state index in [1.54, 1.807) is 0 Å². The first-order valence-electron chi connectivity index (χ1n) is 4.47. The molecule has 5 N–H and O–H groups in total. The van der Waals surface area contributed by atoms with E-state index in [0.717, 1.165) is 0 Å². The Bertz CT molecular complexity index is 340. The minimum absolute atomic E-state index is 0.0512. The van der Waals surface area contributed by atoms with Gasteiger partial charge >= 0.3 is 0 Å². The van der Waals surface area contributed by atoms with Gasteiger partial charge in [-0.05, 0) is 25.0 Å². The maximum Gasteiger partial charge on any atom is 0.208 e. The van der Waals surface area contributed by atoms with Gasteiger partial charge in [-0.15, -0.1) is 5.10 Å². The molecule has 0 spiro atoms. The standard InChI is InChI=1S/C10H16N4/c1-7-3-4-8(2)9(5-7)6-13-14-10(11)12/h3-5,13H,6H2,1-2H3,(H4,11,12,14). The third-order valence-electron chi connectivity index (χ3n) is 1.98. The summed E-state index contributed by atoms with van der Waals surface area (Å²) < 4.78 is 0. The van der Waals surface area contributed by atoms with Crippen molar-refractivity contribution in [3.05, 3.63) is 34.9 Å². The summed E-state index contributed by atoms with van der Waals surface area (Å²) in [5, 5.41) is 3.71. The van der Waals surface area contributed by atoms with Crippen molar-refractivity contribution in [2.75, 3.05) is 0 Å². The average Bonchev–Trinajstić information content (AvgIpc) is 2.10. The van der Waals surface area contributed by atoms with Gasteiger partial charge in [0.15, 0.2) is 0 Å². The molecule has 0 saturated carbocycles. The molecule has 0 aliphatic rings. The van der Waals surface area contributed by atoms with E-state index in [4.69, 9.17) is 11.5 Å². The molecule has 76 valence electrons. The van der Waals surface area contributed by atoms with Gasteiger partial charge in [0.2, 0.25) is 5.96 Å². The molecule has 0 saturated heterocycles.